The Morgan fingerprint density at radius 3 is 2.53 bits per heavy atom. The Morgan fingerprint density at radius 2 is 1.80 bits per heavy atom. The van der Waals surface area contributed by atoms with Gasteiger partial charge >= 0.3 is 0 Å². The maximum absolute atomic E-state index is 12.6. The number of carbonyl (C=O) groups is 1. The molecule has 0 bridgehead atoms. The second-order valence-electron chi connectivity index (χ2n) is 7.28. The second-order valence-corrected chi connectivity index (χ2v) is 8.22. The lowest BCUT2D eigenvalue weighted by molar-refractivity contribution is -0.113. The summed E-state index contributed by atoms with van der Waals surface area (Å²) in [5, 5.41) is 8.22. The van der Waals surface area contributed by atoms with Gasteiger partial charge in [-0.15, -0.1) is 0 Å². The topological polar surface area (TPSA) is 64.7 Å². The zero-order valence-electron chi connectivity index (χ0n) is 17.4. The van der Waals surface area contributed by atoms with E-state index < -0.39 is 0 Å². The quantitative estimate of drug-likeness (QED) is 0.452. The van der Waals surface area contributed by atoms with Crippen molar-refractivity contribution in [2.75, 3.05) is 11.1 Å². The van der Waals surface area contributed by atoms with E-state index in [1.807, 2.05) is 45.2 Å². The summed E-state index contributed by atoms with van der Waals surface area (Å²) in [5.74, 6) is 0.239. The number of aryl methyl sites for hydroxylation is 4. The van der Waals surface area contributed by atoms with Crippen molar-refractivity contribution < 1.29 is 4.79 Å². The number of benzene rings is 2. The Labute approximate surface area is 180 Å². The van der Waals surface area contributed by atoms with Crippen molar-refractivity contribution in [3.8, 4) is 0 Å². The number of thioether (sulfide) groups is 1. The fraction of sp³-hybridized carbons (Fsp3) is 0.261. The maximum Gasteiger partial charge on any atom is 0.234 e. The number of aromatic nitrogens is 4. The van der Waals surface area contributed by atoms with Crippen LogP contribution in [0.4, 0.5) is 5.69 Å². The molecule has 4 aromatic rings. The fourth-order valence-electron chi connectivity index (χ4n) is 3.53. The molecule has 0 saturated heterocycles. The Morgan fingerprint density at radius 1 is 1.07 bits per heavy atom. The standard InChI is InChI=1S/C23H25N5OS/c1-16-22(17(2)27(3)26-16)25-21(29)15-30-23-24-19-11-7-8-12-20(19)28(23)14-13-18-9-5-4-6-10-18/h4-12H,13-15H2,1-3H3,(H,25,29). The molecule has 4 rings (SSSR count). The van der Waals surface area contributed by atoms with E-state index in [1.165, 1.54) is 17.3 Å². The normalized spacial score (nSPS) is 11.2. The number of amides is 1. The highest BCUT2D eigenvalue weighted by molar-refractivity contribution is 7.99. The van der Waals surface area contributed by atoms with Crippen LogP contribution in [0.1, 0.15) is 17.0 Å². The maximum atomic E-state index is 12.6. The summed E-state index contributed by atoms with van der Waals surface area (Å²) in [6, 6.07) is 18.5. The third-order valence-electron chi connectivity index (χ3n) is 5.19. The first-order valence-corrected chi connectivity index (χ1v) is 10.9. The summed E-state index contributed by atoms with van der Waals surface area (Å²) in [4.78, 5) is 17.4. The van der Waals surface area contributed by atoms with Gasteiger partial charge in [-0.2, -0.15) is 5.10 Å². The Kier molecular flexibility index (Phi) is 5.90. The van der Waals surface area contributed by atoms with E-state index in [0.29, 0.717) is 5.75 Å². The molecular formula is C23H25N5OS. The smallest absolute Gasteiger partial charge is 0.234 e. The lowest BCUT2D eigenvalue weighted by Gasteiger charge is -2.10. The zero-order valence-corrected chi connectivity index (χ0v) is 18.2. The number of nitrogens with zero attached hydrogens (tertiary/aromatic N) is 4. The summed E-state index contributed by atoms with van der Waals surface area (Å²) in [6.07, 6.45) is 0.912. The molecular weight excluding hydrogens is 394 g/mol. The van der Waals surface area contributed by atoms with Crippen molar-refractivity contribution in [1.82, 2.24) is 19.3 Å². The Balaban J connectivity index is 1.49. The van der Waals surface area contributed by atoms with Crippen LogP contribution >= 0.6 is 11.8 Å². The summed E-state index contributed by atoms with van der Waals surface area (Å²) in [7, 11) is 1.88. The fourth-order valence-corrected chi connectivity index (χ4v) is 4.37. The van der Waals surface area contributed by atoms with Crippen LogP contribution in [0.15, 0.2) is 59.8 Å². The molecule has 2 aromatic heterocycles. The molecule has 0 spiro atoms. The van der Waals surface area contributed by atoms with Crippen LogP contribution in [-0.2, 0) is 24.8 Å². The number of rotatable bonds is 7. The molecule has 30 heavy (non-hydrogen) atoms. The minimum atomic E-state index is -0.0548. The van der Waals surface area contributed by atoms with Crippen molar-refractivity contribution in [1.29, 1.82) is 0 Å². The lowest BCUT2D eigenvalue weighted by Crippen LogP contribution is -2.16. The van der Waals surface area contributed by atoms with E-state index in [9.17, 15) is 4.79 Å². The number of hydrogen-bond donors (Lipinski definition) is 1. The van der Waals surface area contributed by atoms with Gasteiger partial charge < -0.3 is 9.88 Å². The van der Waals surface area contributed by atoms with Crippen LogP contribution in [0.25, 0.3) is 11.0 Å². The van der Waals surface area contributed by atoms with Gasteiger partial charge in [0.1, 0.15) is 0 Å². The molecule has 7 heteroatoms. The van der Waals surface area contributed by atoms with Gasteiger partial charge in [-0.05, 0) is 38.0 Å². The van der Waals surface area contributed by atoms with Gasteiger partial charge in [-0.3, -0.25) is 9.48 Å². The van der Waals surface area contributed by atoms with Gasteiger partial charge in [0.25, 0.3) is 0 Å². The zero-order chi connectivity index (χ0) is 21.1. The van der Waals surface area contributed by atoms with Crippen molar-refractivity contribution in [3.63, 3.8) is 0 Å². The SMILES string of the molecule is Cc1nn(C)c(C)c1NC(=O)CSc1nc2ccccc2n1CCc1ccccc1. The monoisotopic (exact) mass is 419 g/mol. The average Bonchev–Trinajstić information content (AvgIpc) is 3.23. The largest absolute Gasteiger partial charge is 0.322 e. The molecule has 1 N–H and O–H groups in total. The van der Waals surface area contributed by atoms with Crippen LogP contribution in [0.3, 0.4) is 0 Å². The number of para-hydroxylation sites is 2. The second kappa shape index (κ2) is 8.75. The number of fused-ring (bicyclic) bond motifs is 1. The number of anilines is 1. The highest BCUT2D eigenvalue weighted by Crippen LogP contribution is 2.25. The number of imidazole rings is 1. The highest BCUT2D eigenvalue weighted by atomic mass is 32.2. The molecule has 154 valence electrons. The average molecular weight is 420 g/mol. The van der Waals surface area contributed by atoms with Gasteiger partial charge in [0.2, 0.25) is 5.91 Å². The predicted molar refractivity (Wildman–Crippen MR) is 122 cm³/mol. The molecule has 0 atom stereocenters. The molecule has 0 radical (unpaired) electrons. The van der Waals surface area contributed by atoms with Crippen molar-refractivity contribution >= 4 is 34.4 Å². The Bertz CT molecular complexity index is 1180. The minimum Gasteiger partial charge on any atom is -0.322 e. The minimum absolute atomic E-state index is 0.0548. The lowest BCUT2D eigenvalue weighted by atomic mass is 10.1. The van der Waals surface area contributed by atoms with E-state index >= 15 is 0 Å². The van der Waals surface area contributed by atoms with Gasteiger partial charge in [-0.25, -0.2) is 4.98 Å². The molecule has 2 aromatic carbocycles. The van der Waals surface area contributed by atoms with Crippen LogP contribution in [0.5, 0.6) is 0 Å². The van der Waals surface area contributed by atoms with Crippen LogP contribution < -0.4 is 5.32 Å². The molecule has 0 saturated carbocycles. The molecule has 0 unspecified atom stereocenters. The summed E-state index contributed by atoms with van der Waals surface area (Å²) in [5.41, 5.74) is 5.89. The van der Waals surface area contributed by atoms with E-state index in [0.717, 1.165) is 46.2 Å². The number of hydrogen-bond acceptors (Lipinski definition) is 4. The first kappa shape index (κ1) is 20.2. The molecule has 0 aliphatic carbocycles. The van der Waals surface area contributed by atoms with Crippen LogP contribution in [0.2, 0.25) is 0 Å². The molecule has 1 amide bonds. The van der Waals surface area contributed by atoms with Gasteiger partial charge in [0.15, 0.2) is 5.16 Å². The third kappa shape index (κ3) is 4.26. The van der Waals surface area contributed by atoms with Gasteiger partial charge in [0, 0.05) is 13.6 Å². The summed E-state index contributed by atoms with van der Waals surface area (Å²) < 4.78 is 3.99. The first-order chi connectivity index (χ1) is 14.5. The first-order valence-electron chi connectivity index (χ1n) is 9.95. The number of carbonyl (C=O) groups excluding carboxylic acids is 1. The van der Waals surface area contributed by atoms with Crippen LogP contribution in [0, 0.1) is 13.8 Å². The summed E-state index contributed by atoms with van der Waals surface area (Å²) >= 11 is 1.47. The molecule has 2 heterocycles. The summed E-state index contributed by atoms with van der Waals surface area (Å²) in [6.45, 7) is 4.67. The Hall–Kier alpha value is -3.06. The molecule has 0 aliphatic heterocycles. The van der Waals surface area contributed by atoms with E-state index in [1.54, 1.807) is 4.68 Å². The predicted octanol–water partition coefficient (Wildman–Crippen LogP) is 4.36. The van der Waals surface area contributed by atoms with E-state index in [4.69, 9.17) is 4.98 Å². The third-order valence-corrected chi connectivity index (χ3v) is 6.17. The van der Waals surface area contributed by atoms with Gasteiger partial charge in [0.05, 0.1) is 33.9 Å². The van der Waals surface area contributed by atoms with E-state index in [2.05, 4.69) is 45.3 Å². The van der Waals surface area contributed by atoms with Crippen molar-refractivity contribution in [3.05, 3.63) is 71.5 Å². The van der Waals surface area contributed by atoms with Crippen LogP contribution in [-0.4, -0.2) is 31.0 Å². The number of nitrogens with one attached hydrogen (secondary N) is 1. The molecule has 6 nitrogen and oxygen atoms in total. The molecule has 0 aliphatic rings. The van der Waals surface area contributed by atoms with Gasteiger partial charge in [-0.1, -0.05) is 54.2 Å². The van der Waals surface area contributed by atoms with E-state index in [-0.39, 0.29) is 5.91 Å². The van der Waals surface area contributed by atoms with Crippen molar-refractivity contribution in [2.24, 2.45) is 7.05 Å². The van der Waals surface area contributed by atoms with Crippen molar-refractivity contribution in [2.45, 2.75) is 32.0 Å². The molecule has 0 fully saturated rings. The highest BCUT2D eigenvalue weighted by Gasteiger charge is 2.16.